The third-order valence-corrected chi connectivity index (χ3v) is 2.59. The fourth-order valence-electron chi connectivity index (χ4n) is 1.36. The van der Waals surface area contributed by atoms with E-state index in [9.17, 15) is 27.9 Å². The molecule has 0 bridgehead atoms. The Morgan fingerprint density at radius 1 is 1.30 bits per heavy atom. The summed E-state index contributed by atoms with van der Waals surface area (Å²) in [5, 5.41) is 11.8. The molecule has 23 heavy (non-hydrogen) atoms. The van der Waals surface area contributed by atoms with Gasteiger partial charge < -0.3 is 14.6 Å². The maximum atomic E-state index is 12.2. The standard InChI is InChI=1S/C13H10BrF3O5.Li/c1-2-21-12(20)11(19)6-10(18)7-3-8(14)5-9(4-7)22-13(15,16)17;/h3-6,18H,2H2,1H3;/p-1. The van der Waals surface area contributed by atoms with Crippen molar-refractivity contribution < 1.29 is 37.3 Å². The van der Waals surface area contributed by atoms with Gasteiger partial charge in [-0.25, -0.2) is 4.79 Å². The summed E-state index contributed by atoms with van der Waals surface area (Å²) in [4.78, 5) is 22.4. The smallest absolute Gasteiger partial charge is 0.573 e. The molecule has 0 saturated carbocycles. The van der Waals surface area contributed by atoms with Crippen LogP contribution in [0.2, 0.25) is 0 Å². The van der Waals surface area contributed by atoms with E-state index in [1.54, 1.807) is 0 Å². The van der Waals surface area contributed by atoms with Gasteiger partial charge in [-0.3, -0.25) is 4.79 Å². The van der Waals surface area contributed by atoms with Gasteiger partial charge in [-0.05, 0) is 36.8 Å². The second-order valence-electron chi connectivity index (χ2n) is 3.82. The number of benzene rings is 1. The van der Waals surface area contributed by atoms with E-state index >= 15 is 0 Å². The fourth-order valence-corrected chi connectivity index (χ4v) is 1.83. The van der Waals surface area contributed by atoms with Crippen LogP contribution in [0.25, 0.3) is 5.76 Å². The number of carbonyl (C=O) groups excluding carboxylic acids is 2. The summed E-state index contributed by atoms with van der Waals surface area (Å²) in [7, 11) is 0. The van der Waals surface area contributed by atoms with Crippen molar-refractivity contribution >= 4 is 52.3 Å². The van der Waals surface area contributed by atoms with E-state index in [2.05, 4.69) is 25.4 Å². The zero-order chi connectivity index (χ0) is 16.9. The molecule has 0 saturated heterocycles. The average Bonchev–Trinajstić information content (AvgIpc) is 2.35. The minimum absolute atomic E-state index is 0. The second kappa shape index (κ2) is 9.01. The fraction of sp³-hybridized carbons (Fsp3) is 0.231. The molecule has 0 atom stereocenters. The van der Waals surface area contributed by atoms with Crippen molar-refractivity contribution in [2.75, 3.05) is 6.61 Å². The zero-order valence-electron chi connectivity index (χ0n) is 12.1. The molecule has 1 aromatic carbocycles. The first-order valence-corrected chi connectivity index (χ1v) is 6.58. The molecular formula is C13H9BrF3LiO5-. The first-order valence-electron chi connectivity index (χ1n) is 5.79. The molecule has 1 aromatic rings. The molecule has 0 fully saturated rings. The maximum absolute atomic E-state index is 12.2. The summed E-state index contributed by atoms with van der Waals surface area (Å²) in [6, 6.07) is 2.98. The maximum Gasteiger partial charge on any atom is 0.573 e. The summed E-state index contributed by atoms with van der Waals surface area (Å²) < 4.78 is 44.7. The molecule has 5 nitrogen and oxygen atoms in total. The van der Waals surface area contributed by atoms with Crippen LogP contribution in [0.15, 0.2) is 28.7 Å². The molecule has 0 aromatic heterocycles. The molecule has 1 rings (SSSR count). The van der Waals surface area contributed by atoms with Crippen LogP contribution >= 0.6 is 15.9 Å². The van der Waals surface area contributed by atoms with Crippen molar-refractivity contribution in [1.29, 1.82) is 0 Å². The number of rotatable bonds is 5. The van der Waals surface area contributed by atoms with E-state index in [-0.39, 0.29) is 35.5 Å². The van der Waals surface area contributed by atoms with E-state index in [1.807, 2.05) is 0 Å². The van der Waals surface area contributed by atoms with Crippen LogP contribution in [0.5, 0.6) is 5.75 Å². The number of halogens is 4. The Morgan fingerprint density at radius 3 is 2.43 bits per heavy atom. The van der Waals surface area contributed by atoms with Crippen LogP contribution in [0.4, 0.5) is 13.2 Å². The molecule has 10 heteroatoms. The van der Waals surface area contributed by atoms with Crippen LogP contribution in [0.3, 0.4) is 0 Å². The number of carbonyl (C=O) groups is 2. The molecule has 0 unspecified atom stereocenters. The Kier molecular flexibility index (Phi) is 8.45. The monoisotopic (exact) mass is 388 g/mol. The van der Waals surface area contributed by atoms with Crippen molar-refractivity contribution in [2.45, 2.75) is 13.3 Å². The third-order valence-electron chi connectivity index (χ3n) is 2.13. The van der Waals surface area contributed by atoms with Gasteiger partial charge in [0.25, 0.3) is 5.78 Å². The summed E-state index contributed by atoms with van der Waals surface area (Å²) in [6.45, 7) is 1.43. The number of alkyl halides is 3. The largest absolute Gasteiger partial charge is 0.872 e. The van der Waals surface area contributed by atoms with E-state index in [0.29, 0.717) is 6.08 Å². The van der Waals surface area contributed by atoms with Crippen LogP contribution in [-0.4, -0.2) is 43.6 Å². The van der Waals surface area contributed by atoms with Gasteiger partial charge in [0.2, 0.25) is 0 Å². The van der Waals surface area contributed by atoms with E-state index in [1.165, 1.54) is 13.0 Å². The van der Waals surface area contributed by atoms with Crippen molar-refractivity contribution in [1.82, 2.24) is 0 Å². The molecule has 121 valence electrons. The number of ether oxygens (including phenoxy) is 2. The minimum atomic E-state index is -4.93. The van der Waals surface area contributed by atoms with Crippen LogP contribution in [0.1, 0.15) is 12.5 Å². The van der Waals surface area contributed by atoms with E-state index in [4.69, 9.17) is 0 Å². The number of hydrogen-bond donors (Lipinski definition) is 0. The average molecular weight is 389 g/mol. The minimum Gasteiger partial charge on any atom is -0.872 e. The van der Waals surface area contributed by atoms with Gasteiger partial charge in [0.1, 0.15) is 5.75 Å². The SMILES string of the molecule is CCOC(=O)C(=O)C=C([O-])c1cc(Br)cc(OC(F)(F)F)c1.[Li]. The van der Waals surface area contributed by atoms with E-state index in [0.717, 1.165) is 12.1 Å². The van der Waals surface area contributed by atoms with Crippen molar-refractivity contribution in [2.24, 2.45) is 0 Å². The molecule has 0 heterocycles. The van der Waals surface area contributed by atoms with Gasteiger partial charge in [-0.2, -0.15) is 0 Å². The summed E-state index contributed by atoms with van der Waals surface area (Å²) >= 11 is 2.92. The van der Waals surface area contributed by atoms with Crippen LogP contribution < -0.4 is 9.84 Å². The first-order chi connectivity index (χ1) is 10.1. The van der Waals surface area contributed by atoms with Crippen LogP contribution in [-0.2, 0) is 14.3 Å². The molecular weight excluding hydrogens is 380 g/mol. The first kappa shape index (κ1) is 21.6. The van der Waals surface area contributed by atoms with Crippen LogP contribution in [0, 0.1) is 0 Å². The zero-order valence-corrected chi connectivity index (χ0v) is 13.7. The number of esters is 1. The second-order valence-corrected chi connectivity index (χ2v) is 4.73. The Morgan fingerprint density at radius 2 is 1.91 bits per heavy atom. The molecule has 0 N–H and O–H groups in total. The molecule has 0 amide bonds. The molecule has 0 spiro atoms. The summed E-state index contributed by atoms with van der Waals surface area (Å²) in [6.07, 6.45) is -4.48. The molecule has 0 aliphatic rings. The Bertz CT molecular complexity index is 616. The summed E-state index contributed by atoms with van der Waals surface area (Å²) in [5.41, 5.74) is -0.258. The van der Waals surface area contributed by atoms with Crippen molar-refractivity contribution in [3.8, 4) is 5.75 Å². The third kappa shape index (κ3) is 7.59. The van der Waals surface area contributed by atoms with Crippen molar-refractivity contribution in [3.05, 3.63) is 34.3 Å². The van der Waals surface area contributed by atoms with E-state index < -0.39 is 29.6 Å². The Labute approximate surface area is 149 Å². The van der Waals surface area contributed by atoms with Gasteiger partial charge in [0.15, 0.2) is 0 Å². The Hall–Kier alpha value is -1.43. The van der Waals surface area contributed by atoms with Gasteiger partial charge in [0.05, 0.1) is 6.61 Å². The predicted octanol–water partition coefficient (Wildman–Crippen LogP) is 1.80. The van der Waals surface area contributed by atoms with Gasteiger partial charge in [0, 0.05) is 23.3 Å². The molecule has 1 radical (unpaired) electrons. The topological polar surface area (TPSA) is 75.7 Å². The predicted molar refractivity (Wildman–Crippen MR) is 76.2 cm³/mol. The number of hydrogen-bond acceptors (Lipinski definition) is 5. The quantitative estimate of drug-likeness (QED) is 0.253. The molecule has 0 aliphatic heterocycles. The summed E-state index contributed by atoms with van der Waals surface area (Å²) in [5.74, 6) is -4.02. The Balaban J connectivity index is 0.00000484. The number of ketones is 1. The van der Waals surface area contributed by atoms with Gasteiger partial charge in [-0.1, -0.05) is 21.7 Å². The van der Waals surface area contributed by atoms with Crippen molar-refractivity contribution in [3.63, 3.8) is 0 Å². The molecule has 0 aliphatic carbocycles. The normalized spacial score (nSPS) is 11.4. The van der Waals surface area contributed by atoms with Gasteiger partial charge >= 0.3 is 12.3 Å². The van der Waals surface area contributed by atoms with Gasteiger partial charge in [-0.15, -0.1) is 13.2 Å².